The second-order valence-electron chi connectivity index (χ2n) is 5.93. The molecule has 2 aromatic rings. The van der Waals surface area contributed by atoms with Gasteiger partial charge in [-0.15, -0.1) is 0 Å². The number of aryl methyl sites for hydroxylation is 1. The molecular formula is C21H25NO3. The highest BCUT2D eigenvalue weighted by atomic mass is 16.5. The number of ether oxygens (including phenoxy) is 2. The lowest BCUT2D eigenvalue weighted by Crippen LogP contribution is -2.31. The van der Waals surface area contributed by atoms with Crippen LogP contribution in [0.5, 0.6) is 11.5 Å². The minimum absolute atomic E-state index is 0.0261. The van der Waals surface area contributed by atoms with Crippen molar-refractivity contribution in [3.05, 3.63) is 65.2 Å². The molecule has 0 bridgehead atoms. The number of methoxy groups -OCH3 is 1. The first-order valence-electron chi connectivity index (χ1n) is 8.26. The number of amides is 1. The molecule has 0 aliphatic heterocycles. The lowest BCUT2D eigenvalue weighted by molar-refractivity contribution is -0.132. The second kappa shape index (κ2) is 8.92. The highest BCUT2D eigenvalue weighted by molar-refractivity contribution is 5.77. The van der Waals surface area contributed by atoms with Gasteiger partial charge < -0.3 is 14.4 Å². The van der Waals surface area contributed by atoms with Crippen molar-refractivity contribution in [2.24, 2.45) is 0 Å². The predicted octanol–water partition coefficient (Wildman–Crippen LogP) is 4.07. The van der Waals surface area contributed by atoms with Crippen LogP contribution in [0.4, 0.5) is 0 Å². The van der Waals surface area contributed by atoms with Gasteiger partial charge in [-0.2, -0.15) is 0 Å². The predicted molar refractivity (Wildman–Crippen MR) is 101 cm³/mol. The Morgan fingerprint density at radius 2 is 1.84 bits per heavy atom. The summed E-state index contributed by atoms with van der Waals surface area (Å²) < 4.78 is 11.0. The molecule has 0 spiro atoms. The standard InChI is InChI=1S/C21H25NO3/c1-5-6-17-11-12-19(20(13-17)24-4)25-15-21(23)22(3)14-18-9-7-16(2)8-10-18/h5-13H,14-15H2,1-4H3/b6-5+. The number of benzene rings is 2. The van der Waals surface area contributed by atoms with E-state index < -0.39 is 0 Å². The van der Waals surface area contributed by atoms with Gasteiger partial charge in [0.2, 0.25) is 0 Å². The summed E-state index contributed by atoms with van der Waals surface area (Å²) in [5, 5.41) is 0. The smallest absolute Gasteiger partial charge is 0.260 e. The lowest BCUT2D eigenvalue weighted by Gasteiger charge is -2.18. The quantitative estimate of drug-likeness (QED) is 0.763. The van der Waals surface area contributed by atoms with E-state index in [0.29, 0.717) is 18.0 Å². The molecular weight excluding hydrogens is 314 g/mol. The number of nitrogens with zero attached hydrogens (tertiary/aromatic N) is 1. The summed E-state index contributed by atoms with van der Waals surface area (Å²) in [5.41, 5.74) is 3.32. The third-order valence-electron chi connectivity index (χ3n) is 3.86. The van der Waals surface area contributed by atoms with Gasteiger partial charge in [0, 0.05) is 13.6 Å². The number of allylic oxidation sites excluding steroid dienone is 1. The van der Waals surface area contributed by atoms with E-state index in [-0.39, 0.29) is 12.5 Å². The summed E-state index contributed by atoms with van der Waals surface area (Å²) in [6, 6.07) is 13.8. The Labute approximate surface area is 149 Å². The number of carbonyl (C=O) groups excluding carboxylic acids is 1. The Kier molecular flexibility index (Phi) is 6.63. The largest absolute Gasteiger partial charge is 0.493 e. The summed E-state index contributed by atoms with van der Waals surface area (Å²) in [6.07, 6.45) is 3.94. The molecule has 4 heteroatoms. The van der Waals surface area contributed by atoms with Crippen molar-refractivity contribution in [2.75, 3.05) is 20.8 Å². The Hall–Kier alpha value is -2.75. The van der Waals surface area contributed by atoms with E-state index >= 15 is 0 Å². The molecule has 0 N–H and O–H groups in total. The van der Waals surface area contributed by atoms with Crippen LogP contribution in [0.3, 0.4) is 0 Å². The van der Waals surface area contributed by atoms with Gasteiger partial charge in [0.15, 0.2) is 18.1 Å². The Morgan fingerprint density at radius 1 is 1.12 bits per heavy atom. The molecule has 0 saturated heterocycles. The maximum atomic E-state index is 12.3. The first kappa shape index (κ1) is 18.6. The molecule has 2 rings (SSSR count). The van der Waals surface area contributed by atoms with Gasteiger partial charge in [-0.25, -0.2) is 0 Å². The molecule has 0 atom stereocenters. The molecule has 0 fully saturated rings. The molecule has 0 aliphatic carbocycles. The molecule has 0 saturated carbocycles. The van der Waals surface area contributed by atoms with Crippen LogP contribution in [0.2, 0.25) is 0 Å². The molecule has 0 heterocycles. The van der Waals surface area contributed by atoms with Crippen LogP contribution in [0.1, 0.15) is 23.6 Å². The highest BCUT2D eigenvalue weighted by Gasteiger charge is 2.12. The number of hydrogen-bond donors (Lipinski definition) is 0. The van der Waals surface area contributed by atoms with Crippen molar-refractivity contribution in [2.45, 2.75) is 20.4 Å². The van der Waals surface area contributed by atoms with Crippen molar-refractivity contribution < 1.29 is 14.3 Å². The molecule has 4 nitrogen and oxygen atoms in total. The van der Waals surface area contributed by atoms with Crippen LogP contribution in [-0.2, 0) is 11.3 Å². The minimum atomic E-state index is -0.0832. The fourth-order valence-electron chi connectivity index (χ4n) is 2.40. The SMILES string of the molecule is C/C=C/c1ccc(OCC(=O)N(C)Cc2ccc(C)cc2)c(OC)c1. The van der Waals surface area contributed by atoms with Crippen LogP contribution in [0.15, 0.2) is 48.5 Å². The van der Waals surface area contributed by atoms with Crippen molar-refractivity contribution in [1.29, 1.82) is 0 Å². The van der Waals surface area contributed by atoms with Gasteiger partial charge in [-0.3, -0.25) is 4.79 Å². The monoisotopic (exact) mass is 339 g/mol. The summed E-state index contributed by atoms with van der Waals surface area (Å²) in [4.78, 5) is 14.0. The molecule has 1 amide bonds. The maximum Gasteiger partial charge on any atom is 0.260 e. The van der Waals surface area contributed by atoms with E-state index in [4.69, 9.17) is 9.47 Å². The normalized spacial score (nSPS) is 10.7. The Balaban J connectivity index is 1.95. The van der Waals surface area contributed by atoms with Crippen LogP contribution in [0, 0.1) is 6.92 Å². The van der Waals surface area contributed by atoms with E-state index in [2.05, 4.69) is 0 Å². The van der Waals surface area contributed by atoms with Gasteiger partial charge in [-0.05, 0) is 37.1 Å². The summed E-state index contributed by atoms with van der Waals surface area (Å²) in [7, 11) is 3.37. The topological polar surface area (TPSA) is 38.8 Å². The highest BCUT2D eigenvalue weighted by Crippen LogP contribution is 2.28. The number of carbonyl (C=O) groups is 1. The number of hydrogen-bond acceptors (Lipinski definition) is 3. The van der Waals surface area contributed by atoms with Crippen molar-refractivity contribution in [1.82, 2.24) is 4.90 Å². The van der Waals surface area contributed by atoms with Crippen LogP contribution in [-0.4, -0.2) is 31.6 Å². The molecule has 0 unspecified atom stereocenters. The number of rotatable bonds is 7. The molecule has 132 valence electrons. The third-order valence-corrected chi connectivity index (χ3v) is 3.86. The van der Waals surface area contributed by atoms with Gasteiger partial charge in [0.05, 0.1) is 7.11 Å². The average molecular weight is 339 g/mol. The maximum absolute atomic E-state index is 12.3. The zero-order chi connectivity index (χ0) is 18.2. The summed E-state index contributed by atoms with van der Waals surface area (Å²) >= 11 is 0. The zero-order valence-electron chi connectivity index (χ0n) is 15.3. The summed E-state index contributed by atoms with van der Waals surface area (Å²) in [5.74, 6) is 1.09. The molecule has 2 aromatic carbocycles. The second-order valence-corrected chi connectivity index (χ2v) is 5.93. The van der Waals surface area contributed by atoms with Crippen molar-refractivity contribution in [3.8, 4) is 11.5 Å². The van der Waals surface area contributed by atoms with E-state index in [1.165, 1.54) is 5.56 Å². The van der Waals surface area contributed by atoms with Crippen molar-refractivity contribution in [3.63, 3.8) is 0 Å². The number of likely N-dealkylation sites (N-methyl/N-ethyl adjacent to an activating group) is 1. The first-order chi connectivity index (χ1) is 12.0. The van der Waals surface area contributed by atoms with E-state index in [1.807, 2.05) is 68.5 Å². The van der Waals surface area contributed by atoms with Gasteiger partial charge in [-0.1, -0.05) is 48.0 Å². The van der Waals surface area contributed by atoms with E-state index in [1.54, 1.807) is 19.1 Å². The molecule has 25 heavy (non-hydrogen) atoms. The first-order valence-corrected chi connectivity index (χ1v) is 8.26. The molecule has 0 aromatic heterocycles. The third kappa shape index (κ3) is 5.38. The van der Waals surface area contributed by atoms with Crippen LogP contribution >= 0.6 is 0 Å². The van der Waals surface area contributed by atoms with Crippen molar-refractivity contribution >= 4 is 12.0 Å². The van der Waals surface area contributed by atoms with E-state index in [9.17, 15) is 4.79 Å². The zero-order valence-corrected chi connectivity index (χ0v) is 15.3. The lowest BCUT2D eigenvalue weighted by atomic mass is 10.1. The molecule has 0 aliphatic rings. The Bertz CT molecular complexity index is 735. The van der Waals surface area contributed by atoms with Gasteiger partial charge in [0.1, 0.15) is 0 Å². The Morgan fingerprint density at radius 3 is 2.48 bits per heavy atom. The fourth-order valence-corrected chi connectivity index (χ4v) is 2.40. The van der Waals surface area contributed by atoms with Gasteiger partial charge >= 0.3 is 0 Å². The summed E-state index contributed by atoms with van der Waals surface area (Å²) in [6.45, 7) is 4.53. The average Bonchev–Trinajstić information content (AvgIpc) is 2.62. The minimum Gasteiger partial charge on any atom is -0.493 e. The van der Waals surface area contributed by atoms with Crippen LogP contribution in [0.25, 0.3) is 6.08 Å². The molecule has 0 radical (unpaired) electrons. The fraction of sp³-hybridized carbons (Fsp3) is 0.286. The van der Waals surface area contributed by atoms with Gasteiger partial charge in [0.25, 0.3) is 5.91 Å². The van der Waals surface area contributed by atoms with Crippen LogP contribution < -0.4 is 9.47 Å². The van der Waals surface area contributed by atoms with E-state index in [0.717, 1.165) is 11.1 Å².